The van der Waals surface area contributed by atoms with Crippen molar-refractivity contribution in [1.82, 2.24) is 4.49 Å². The molecule has 144 valence electrons. The molecule has 0 unspecified atom stereocenters. The van der Waals surface area contributed by atoms with E-state index in [9.17, 15) is 18.0 Å². The van der Waals surface area contributed by atoms with Crippen molar-refractivity contribution in [2.75, 3.05) is 0 Å². The van der Waals surface area contributed by atoms with Gasteiger partial charge in [0.2, 0.25) is 0 Å². The fourth-order valence-corrected chi connectivity index (χ4v) is 8.56. The molecule has 11 heteroatoms. The van der Waals surface area contributed by atoms with Crippen LogP contribution in [0, 0.1) is 6.92 Å². The molecule has 1 N–H and O–H groups in total. The summed E-state index contributed by atoms with van der Waals surface area (Å²) in [5.74, 6) is -1.82. The Labute approximate surface area is 151 Å². The average Bonchev–Trinajstić information content (AvgIpc) is 2.75. The zero-order valence-electron chi connectivity index (χ0n) is 14.9. The Kier molecular flexibility index (Phi) is 3.86. The number of nitrogens with one attached hydrogen (secondary N) is 1. The molecule has 1 aromatic rings. The first kappa shape index (κ1) is 19.2. The van der Waals surface area contributed by atoms with Crippen LogP contribution in [0.1, 0.15) is 33.3 Å². The molecule has 0 bridgehead atoms. The molecule has 2 aliphatic heterocycles. The van der Waals surface area contributed by atoms with Gasteiger partial charge in [0.15, 0.2) is 0 Å². The van der Waals surface area contributed by atoms with Crippen molar-refractivity contribution in [3.63, 3.8) is 0 Å². The fraction of sp³-hybridized carbons (Fsp3) is 0.467. The van der Waals surface area contributed by atoms with E-state index in [4.69, 9.17) is 18.1 Å². The number of aryl methyl sites for hydroxylation is 1. The molecule has 26 heavy (non-hydrogen) atoms. The summed E-state index contributed by atoms with van der Waals surface area (Å²) < 4.78 is 49.5. The molecule has 2 saturated heterocycles. The number of rotatable bonds is 3. The first-order valence-electron chi connectivity index (χ1n) is 7.74. The fourth-order valence-electron chi connectivity index (χ4n) is 2.52. The van der Waals surface area contributed by atoms with Crippen LogP contribution in [0.15, 0.2) is 29.2 Å². The third kappa shape index (κ3) is 2.91. The summed E-state index contributed by atoms with van der Waals surface area (Å²) in [5, 5.41) is 0. The first-order valence-corrected chi connectivity index (χ1v) is 11.1. The number of carbonyl (C=O) groups is 2. The zero-order chi connectivity index (χ0) is 19.6. The van der Waals surface area contributed by atoms with Crippen molar-refractivity contribution in [3.8, 4) is 0 Å². The van der Waals surface area contributed by atoms with E-state index in [0.717, 1.165) is 5.56 Å². The number of carbonyl (C=O) groups excluding carboxylic acids is 2. The second-order valence-corrected chi connectivity index (χ2v) is 11.7. The SMILES string of the molecule is Cc1ccc(S(=O)(=O)NP23(OC(=O)C(C)(C)O2)OC(=O)C(C)(C)O3)cc1. The molecule has 0 aromatic heterocycles. The van der Waals surface area contributed by atoms with Crippen molar-refractivity contribution in [2.45, 2.75) is 50.7 Å². The quantitative estimate of drug-likeness (QED) is 0.760. The number of benzene rings is 1. The van der Waals surface area contributed by atoms with Crippen LogP contribution in [-0.2, 0) is 37.7 Å². The molecule has 2 fully saturated rings. The van der Waals surface area contributed by atoms with Gasteiger partial charge in [0, 0.05) is 0 Å². The molecule has 3 rings (SSSR count). The Hall–Kier alpha value is -1.58. The summed E-state index contributed by atoms with van der Waals surface area (Å²) in [4.78, 5) is 24.3. The normalized spacial score (nSPS) is 26.7. The second-order valence-electron chi connectivity index (χ2n) is 7.18. The van der Waals surface area contributed by atoms with E-state index in [1.807, 2.05) is 0 Å². The van der Waals surface area contributed by atoms with Crippen LogP contribution in [0.4, 0.5) is 0 Å². The van der Waals surface area contributed by atoms with Crippen molar-refractivity contribution in [3.05, 3.63) is 29.8 Å². The van der Waals surface area contributed by atoms with E-state index < -0.39 is 40.8 Å². The van der Waals surface area contributed by atoms with E-state index >= 15 is 0 Å². The van der Waals surface area contributed by atoms with Crippen molar-refractivity contribution in [1.29, 1.82) is 0 Å². The molecule has 2 aliphatic rings. The minimum absolute atomic E-state index is 0.129. The van der Waals surface area contributed by atoms with Crippen LogP contribution >= 0.6 is 7.66 Å². The standard InChI is InChI=1S/C15H20NO8PS/c1-10-6-8-11(9-7-10)26(19,20)16-25(21-12(17)14(2,3)23-25)22-13(18)15(4,5)24-25/h6-9,16H,1-5H3. The van der Waals surface area contributed by atoms with Crippen LogP contribution in [0.25, 0.3) is 0 Å². The van der Waals surface area contributed by atoms with Crippen molar-refractivity contribution in [2.24, 2.45) is 0 Å². The second kappa shape index (κ2) is 5.24. The molecule has 0 atom stereocenters. The summed E-state index contributed by atoms with van der Waals surface area (Å²) in [6.45, 7) is 7.24. The minimum atomic E-state index is -5.28. The van der Waals surface area contributed by atoms with Gasteiger partial charge in [-0.1, -0.05) is 0 Å². The van der Waals surface area contributed by atoms with Gasteiger partial charge in [-0.25, -0.2) is 0 Å². The molecule has 0 amide bonds. The van der Waals surface area contributed by atoms with Gasteiger partial charge in [0.1, 0.15) is 0 Å². The van der Waals surface area contributed by atoms with E-state index in [1.54, 1.807) is 19.1 Å². The van der Waals surface area contributed by atoms with Gasteiger partial charge in [0.25, 0.3) is 0 Å². The van der Waals surface area contributed by atoms with Gasteiger partial charge in [-0.2, -0.15) is 0 Å². The Balaban J connectivity index is 2.11. The third-order valence-electron chi connectivity index (χ3n) is 3.84. The number of hydrogen-bond acceptors (Lipinski definition) is 8. The Morgan fingerprint density at radius 1 is 0.885 bits per heavy atom. The molecule has 1 aromatic carbocycles. The van der Waals surface area contributed by atoms with Gasteiger partial charge in [-0.05, 0) is 0 Å². The third-order valence-corrected chi connectivity index (χ3v) is 9.39. The average molecular weight is 405 g/mol. The first-order chi connectivity index (χ1) is 11.7. The summed E-state index contributed by atoms with van der Waals surface area (Å²) >= 11 is 0. The van der Waals surface area contributed by atoms with Gasteiger partial charge in [-0.3, -0.25) is 0 Å². The predicted molar refractivity (Wildman–Crippen MR) is 90.9 cm³/mol. The Bertz CT molecular complexity index is 870. The summed E-state index contributed by atoms with van der Waals surface area (Å²) in [6.07, 6.45) is 0. The topological polar surface area (TPSA) is 117 Å². The zero-order valence-corrected chi connectivity index (χ0v) is 16.6. The monoisotopic (exact) mass is 405 g/mol. The summed E-state index contributed by atoms with van der Waals surface area (Å²) in [7, 11) is -9.59. The summed E-state index contributed by atoms with van der Waals surface area (Å²) in [6, 6.07) is 5.91. The predicted octanol–water partition coefficient (Wildman–Crippen LogP) is 2.11. The van der Waals surface area contributed by atoms with Crippen LogP contribution < -0.4 is 4.49 Å². The van der Waals surface area contributed by atoms with E-state index in [0.29, 0.717) is 0 Å². The van der Waals surface area contributed by atoms with Crippen LogP contribution in [0.2, 0.25) is 0 Å². The van der Waals surface area contributed by atoms with Gasteiger partial charge in [0.05, 0.1) is 0 Å². The van der Waals surface area contributed by atoms with Crippen LogP contribution in [-0.4, -0.2) is 31.6 Å². The Morgan fingerprint density at radius 3 is 1.65 bits per heavy atom. The number of hydrogen-bond donors (Lipinski definition) is 1. The maximum atomic E-state index is 12.9. The molecule has 0 aliphatic carbocycles. The molecular formula is C15H20NO8PS. The molecular weight excluding hydrogens is 385 g/mol. The van der Waals surface area contributed by atoms with Gasteiger partial charge < -0.3 is 0 Å². The number of sulfonamides is 1. The molecule has 0 radical (unpaired) electrons. The van der Waals surface area contributed by atoms with Gasteiger partial charge in [-0.15, -0.1) is 0 Å². The van der Waals surface area contributed by atoms with Gasteiger partial charge >= 0.3 is 151 Å². The molecule has 9 nitrogen and oxygen atoms in total. The summed E-state index contributed by atoms with van der Waals surface area (Å²) in [5.41, 5.74) is -2.30. The Morgan fingerprint density at radius 2 is 1.31 bits per heavy atom. The van der Waals surface area contributed by atoms with E-state index in [2.05, 4.69) is 4.49 Å². The van der Waals surface area contributed by atoms with Crippen molar-refractivity contribution >= 4 is 29.6 Å². The van der Waals surface area contributed by atoms with E-state index in [-0.39, 0.29) is 4.90 Å². The van der Waals surface area contributed by atoms with Crippen molar-refractivity contribution < 1.29 is 36.1 Å². The molecule has 1 spiro atoms. The maximum absolute atomic E-state index is 12.9. The van der Waals surface area contributed by atoms with E-state index in [1.165, 1.54) is 39.8 Å². The van der Waals surface area contributed by atoms with Crippen LogP contribution in [0.5, 0.6) is 0 Å². The van der Waals surface area contributed by atoms with Crippen LogP contribution in [0.3, 0.4) is 0 Å². The molecule has 2 heterocycles. The molecule has 0 saturated carbocycles.